The van der Waals surface area contributed by atoms with Gasteiger partial charge in [0.2, 0.25) is 0 Å². The molecule has 0 unspecified atom stereocenters. The highest BCUT2D eigenvalue weighted by Gasteiger charge is 2.03. The van der Waals surface area contributed by atoms with Gasteiger partial charge in [-0.25, -0.2) is 0 Å². The van der Waals surface area contributed by atoms with Gasteiger partial charge in [-0.3, -0.25) is 9.48 Å². The van der Waals surface area contributed by atoms with Gasteiger partial charge >= 0.3 is 0 Å². The Balaban J connectivity index is 2.85. The van der Waals surface area contributed by atoms with Gasteiger partial charge in [0, 0.05) is 23.5 Å². The van der Waals surface area contributed by atoms with Crippen LogP contribution in [0.5, 0.6) is 0 Å². The fourth-order valence-corrected chi connectivity index (χ4v) is 1.18. The van der Waals surface area contributed by atoms with E-state index in [1.165, 1.54) is 0 Å². The fourth-order valence-electron chi connectivity index (χ4n) is 0.769. The molecule has 0 fully saturated rings. The molecule has 3 nitrogen and oxygen atoms in total. The monoisotopic (exact) mass is 154 g/mol. The molecular formula is C6H10N2OSi. The van der Waals surface area contributed by atoms with E-state index in [1.807, 2.05) is 7.05 Å². The highest BCUT2D eigenvalue weighted by Crippen LogP contribution is 1.99. The molecule has 0 aliphatic rings. The van der Waals surface area contributed by atoms with Crippen LogP contribution in [0.15, 0.2) is 12.4 Å². The number of carbonyl (C=O) groups excluding carboxylic acids is 1. The lowest BCUT2D eigenvalue weighted by Crippen LogP contribution is -1.94. The molecule has 0 bridgehead atoms. The normalized spacial score (nSPS) is 10.1. The van der Waals surface area contributed by atoms with Crippen LogP contribution in [0.4, 0.5) is 0 Å². The minimum Gasteiger partial charge on any atom is -0.294 e. The first-order valence-electron chi connectivity index (χ1n) is 3.26. The van der Waals surface area contributed by atoms with Gasteiger partial charge in [-0.05, 0) is 6.04 Å². The van der Waals surface area contributed by atoms with Gasteiger partial charge in [0.1, 0.15) is 0 Å². The number of rotatable bonds is 2. The smallest absolute Gasteiger partial charge is 0.162 e. The van der Waals surface area contributed by atoms with E-state index >= 15 is 0 Å². The molecule has 0 saturated carbocycles. The number of Topliss-reactive ketones (excluding diaryl/α,β-unsaturated/α-hetero) is 1. The van der Waals surface area contributed by atoms with Crippen molar-refractivity contribution in [2.45, 2.75) is 6.04 Å². The lowest BCUT2D eigenvalue weighted by Gasteiger charge is -1.86. The molecule has 0 radical (unpaired) electrons. The predicted octanol–water partition coefficient (Wildman–Crippen LogP) is -0.613. The molecule has 1 aromatic heterocycles. The molecule has 0 spiro atoms. The Morgan fingerprint density at radius 2 is 2.60 bits per heavy atom. The number of aromatic nitrogens is 2. The first kappa shape index (κ1) is 7.21. The van der Waals surface area contributed by atoms with Crippen molar-refractivity contribution in [3.8, 4) is 0 Å². The summed E-state index contributed by atoms with van der Waals surface area (Å²) in [6.07, 6.45) is 3.36. The minimum atomic E-state index is 0.208. The number of nitrogens with zero attached hydrogens (tertiary/aromatic N) is 2. The maximum atomic E-state index is 11.0. The number of ketones is 1. The minimum absolute atomic E-state index is 0.208. The van der Waals surface area contributed by atoms with E-state index < -0.39 is 0 Å². The van der Waals surface area contributed by atoms with Gasteiger partial charge in [0.25, 0.3) is 0 Å². The molecule has 1 aromatic rings. The summed E-state index contributed by atoms with van der Waals surface area (Å²) >= 11 is 0. The van der Waals surface area contributed by atoms with Crippen LogP contribution in [0.1, 0.15) is 10.4 Å². The van der Waals surface area contributed by atoms with Crippen LogP contribution in [-0.4, -0.2) is 25.8 Å². The third-order valence-corrected chi connectivity index (χ3v) is 1.99. The SMILES string of the molecule is Cn1cc(C(=O)C[SiH3])cn1. The summed E-state index contributed by atoms with van der Waals surface area (Å²) in [6.45, 7) is 0. The summed E-state index contributed by atoms with van der Waals surface area (Å²) in [5.74, 6) is 0.208. The molecule has 0 saturated heterocycles. The standard InChI is InChI=1S/C6H10N2OSi/c1-8-3-5(2-7-8)6(9)4-10/h2-3H,4H2,1,10H3. The number of aryl methyl sites for hydroxylation is 1. The number of hydrogen-bond acceptors (Lipinski definition) is 2. The zero-order valence-electron chi connectivity index (χ0n) is 6.16. The van der Waals surface area contributed by atoms with E-state index in [-0.39, 0.29) is 5.78 Å². The molecule has 10 heavy (non-hydrogen) atoms. The summed E-state index contributed by atoms with van der Waals surface area (Å²) in [5.41, 5.74) is 0.734. The second kappa shape index (κ2) is 2.79. The molecule has 0 aliphatic heterocycles. The maximum absolute atomic E-state index is 11.0. The van der Waals surface area contributed by atoms with E-state index in [0.717, 1.165) is 15.8 Å². The second-order valence-electron chi connectivity index (χ2n) is 2.18. The Bertz CT molecular complexity index is 244. The third-order valence-electron chi connectivity index (χ3n) is 1.35. The van der Waals surface area contributed by atoms with Gasteiger partial charge in [0.05, 0.1) is 11.8 Å². The summed E-state index contributed by atoms with van der Waals surface area (Å²) in [6, 6.07) is 0.686. The predicted molar refractivity (Wildman–Crippen MR) is 42.3 cm³/mol. The van der Waals surface area contributed by atoms with Crippen molar-refractivity contribution < 1.29 is 4.79 Å². The molecule has 0 amide bonds. The Hall–Kier alpha value is -0.903. The van der Waals surface area contributed by atoms with E-state index in [1.54, 1.807) is 17.1 Å². The summed E-state index contributed by atoms with van der Waals surface area (Å²) in [4.78, 5) is 11.0. The van der Waals surface area contributed by atoms with E-state index in [4.69, 9.17) is 0 Å². The average molecular weight is 154 g/mol. The molecular weight excluding hydrogens is 144 g/mol. The largest absolute Gasteiger partial charge is 0.294 e. The van der Waals surface area contributed by atoms with Crippen molar-refractivity contribution in [2.75, 3.05) is 0 Å². The molecule has 4 heteroatoms. The summed E-state index contributed by atoms with van der Waals surface area (Å²) in [7, 11) is 2.74. The van der Waals surface area contributed by atoms with Crippen LogP contribution in [0, 0.1) is 0 Å². The van der Waals surface area contributed by atoms with Crippen LogP contribution < -0.4 is 0 Å². The van der Waals surface area contributed by atoms with Crippen molar-refractivity contribution in [2.24, 2.45) is 7.05 Å². The third kappa shape index (κ3) is 1.33. The highest BCUT2D eigenvalue weighted by atomic mass is 28.1. The van der Waals surface area contributed by atoms with E-state index in [2.05, 4.69) is 5.10 Å². The molecule has 54 valence electrons. The summed E-state index contributed by atoms with van der Waals surface area (Å²) in [5, 5.41) is 3.90. The zero-order chi connectivity index (χ0) is 7.56. The highest BCUT2D eigenvalue weighted by molar-refractivity contribution is 6.23. The Morgan fingerprint density at radius 1 is 1.90 bits per heavy atom. The molecule has 0 N–H and O–H groups in total. The maximum Gasteiger partial charge on any atom is 0.162 e. The van der Waals surface area contributed by atoms with Crippen molar-refractivity contribution in [1.29, 1.82) is 0 Å². The van der Waals surface area contributed by atoms with E-state index in [0.29, 0.717) is 6.04 Å². The summed E-state index contributed by atoms with van der Waals surface area (Å²) < 4.78 is 1.64. The van der Waals surface area contributed by atoms with Gasteiger partial charge in [-0.2, -0.15) is 5.10 Å². The fraction of sp³-hybridized carbons (Fsp3) is 0.333. The van der Waals surface area contributed by atoms with Crippen molar-refractivity contribution in [3.05, 3.63) is 18.0 Å². The molecule has 1 heterocycles. The van der Waals surface area contributed by atoms with Gasteiger partial charge in [-0.1, -0.05) is 0 Å². The molecule has 0 atom stereocenters. The zero-order valence-corrected chi connectivity index (χ0v) is 8.16. The van der Waals surface area contributed by atoms with Crippen LogP contribution in [-0.2, 0) is 7.05 Å². The van der Waals surface area contributed by atoms with Crippen molar-refractivity contribution >= 4 is 16.0 Å². The van der Waals surface area contributed by atoms with Crippen molar-refractivity contribution in [3.63, 3.8) is 0 Å². The lowest BCUT2D eigenvalue weighted by atomic mass is 10.3. The van der Waals surface area contributed by atoms with Crippen LogP contribution in [0.25, 0.3) is 0 Å². The number of hydrogen-bond donors (Lipinski definition) is 0. The topological polar surface area (TPSA) is 34.9 Å². The molecule has 1 rings (SSSR count). The Kier molecular flexibility index (Phi) is 2.01. The number of carbonyl (C=O) groups is 1. The van der Waals surface area contributed by atoms with E-state index in [9.17, 15) is 4.79 Å². The second-order valence-corrected chi connectivity index (χ2v) is 2.89. The van der Waals surface area contributed by atoms with Gasteiger partial charge < -0.3 is 0 Å². The average Bonchev–Trinajstić information content (AvgIpc) is 2.34. The Labute approximate surface area is 62.5 Å². The lowest BCUT2D eigenvalue weighted by molar-refractivity contribution is 0.101. The molecule has 0 aromatic carbocycles. The molecule has 0 aliphatic carbocycles. The van der Waals surface area contributed by atoms with Crippen molar-refractivity contribution in [1.82, 2.24) is 9.78 Å². The van der Waals surface area contributed by atoms with Gasteiger partial charge in [-0.15, -0.1) is 0 Å². The first-order chi connectivity index (χ1) is 4.74. The van der Waals surface area contributed by atoms with Gasteiger partial charge in [0.15, 0.2) is 5.78 Å². The first-order valence-corrected chi connectivity index (χ1v) is 4.67. The van der Waals surface area contributed by atoms with Crippen LogP contribution in [0.2, 0.25) is 6.04 Å². The quantitative estimate of drug-likeness (QED) is 0.420. The van der Waals surface area contributed by atoms with Crippen LogP contribution >= 0.6 is 0 Å². The Morgan fingerprint density at radius 3 is 3.00 bits per heavy atom. The van der Waals surface area contributed by atoms with Crippen LogP contribution in [0.3, 0.4) is 0 Å².